The van der Waals surface area contributed by atoms with Crippen molar-refractivity contribution in [2.45, 2.75) is 6.42 Å². The first-order chi connectivity index (χ1) is 14.7. The van der Waals surface area contributed by atoms with Crippen LogP contribution in [0.3, 0.4) is 0 Å². The topological polar surface area (TPSA) is 44.8 Å². The van der Waals surface area contributed by atoms with Gasteiger partial charge < -0.3 is 19.9 Å². The van der Waals surface area contributed by atoms with Gasteiger partial charge in [-0.25, -0.2) is 4.79 Å². The maximum absolute atomic E-state index is 12.9. The fourth-order valence-electron chi connectivity index (χ4n) is 3.85. The molecule has 3 aromatic rings. The van der Waals surface area contributed by atoms with E-state index in [1.165, 1.54) is 5.56 Å². The maximum Gasteiger partial charge on any atom is 0.321 e. The van der Waals surface area contributed by atoms with Crippen LogP contribution in [-0.2, 0) is 6.42 Å². The van der Waals surface area contributed by atoms with Crippen molar-refractivity contribution < 1.29 is 9.53 Å². The molecule has 154 valence electrons. The van der Waals surface area contributed by atoms with Gasteiger partial charge in [-0.3, -0.25) is 0 Å². The number of nitrogens with one attached hydrogen (secondary N) is 1. The number of ether oxygens (including phenoxy) is 1. The minimum Gasteiger partial charge on any atom is -0.495 e. The lowest BCUT2D eigenvalue weighted by Gasteiger charge is -2.36. The summed E-state index contributed by atoms with van der Waals surface area (Å²) in [5.74, 6) is 0.866. The zero-order chi connectivity index (χ0) is 20.8. The fourth-order valence-corrected chi connectivity index (χ4v) is 3.85. The molecule has 5 nitrogen and oxygen atoms in total. The summed E-state index contributed by atoms with van der Waals surface area (Å²) in [6.45, 7) is 2.90. The van der Waals surface area contributed by atoms with Gasteiger partial charge in [0.2, 0.25) is 0 Å². The quantitative estimate of drug-likeness (QED) is 0.677. The number of hydrogen-bond acceptors (Lipinski definition) is 3. The Kier molecular flexibility index (Phi) is 6.18. The average Bonchev–Trinajstić information content (AvgIpc) is 2.81. The van der Waals surface area contributed by atoms with Crippen molar-refractivity contribution in [1.29, 1.82) is 0 Å². The predicted octanol–water partition coefficient (Wildman–Crippen LogP) is 4.64. The van der Waals surface area contributed by atoms with Crippen LogP contribution >= 0.6 is 0 Å². The molecular formula is C25H27N3O2. The first-order valence-electron chi connectivity index (χ1n) is 10.3. The Labute approximate surface area is 177 Å². The van der Waals surface area contributed by atoms with Crippen LogP contribution in [0.4, 0.5) is 16.2 Å². The van der Waals surface area contributed by atoms with Crippen LogP contribution in [0.5, 0.6) is 5.75 Å². The number of piperazine rings is 1. The Hall–Kier alpha value is -3.47. The lowest BCUT2D eigenvalue weighted by atomic mass is 10.0. The molecule has 3 aromatic carbocycles. The van der Waals surface area contributed by atoms with E-state index in [-0.39, 0.29) is 6.03 Å². The lowest BCUT2D eigenvalue weighted by molar-refractivity contribution is 0.208. The van der Waals surface area contributed by atoms with E-state index in [4.69, 9.17) is 4.74 Å². The second-order valence-corrected chi connectivity index (χ2v) is 7.40. The molecule has 1 aliphatic heterocycles. The van der Waals surface area contributed by atoms with Gasteiger partial charge in [0.25, 0.3) is 0 Å². The molecule has 0 unspecified atom stereocenters. The number of rotatable bonds is 5. The van der Waals surface area contributed by atoms with E-state index in [0.717, 1.165) is 42.2 Å². The Morgan fingerprint density at radius 3 is 2.30 bits per heavy atom. The predicted molar refractivity (Wildman–Crippen MR) is 121 cm³/mol. The largest absolute Gasteiger partial charge is 0.495 e. The highest BCUT2D eigenvalue weighted by molar-refractivity contribution is 5.90. The summed E-state index contributed by atoms with van der Waals surface area (Å²) in [5.41, 5.74) is 4.29. The first-order valence-corrected chi connectivity index (χ1v) is 10.3. The highest BCUT2D eigenvalue weighted by Gasteiger charge is 2.23. The molecule has 0 bridgehead atoms. The molecule has 0 spiro atoms. The second-order valence-electron chi connectivity index (χ2n) is 7.40. The molecular weight excluding hydrogens is 374 g/mol. The Balaban J connectivity index is 1.39. The number of benzene rings is 3. The third-order valence-corrected chi connectivity index (χ3v) is 5.49. The summed E-state index contributed by atoms with van der Waals surface area (Å²) in [6.07, 6.45) is 0.791. The molecule has 1 saturated heterocycles. The van der Waals surface area contributed by atoms with Gasteiger partial charge in [-0.15, -0.1) is 0 Å². The molecule has 30 heavy (non-hydrogen) atoms. The molecule has 0 saturated carbocycles. The molecule has 0 aliphatic carbocycles. The smallest absolute Gasteiger partial charge is 0.321 e. The minimum atomic E-state index is -0.0461. The summed E-state index contributed by atoms with van der Waals surface area (Å²) in [5, 5.41) is 3.12. The van der Waals surface area contributed by atoms with Crippen molar-refractivity contribution >= 4 is 17.4 Å². The normalized spacial score (nSPS) is 13.8. The van der Waals surface area contributed by atoms with Crippen molar-refractivity contribution in [2.24, 2.45) is 0 Å². The van der Waals surface area contributed by atoms with E-state index in [0.29, 0.717) is 13.1 Å². The van der Waals surface area contributed by atoms with E-state index in [9.17, 15) is 4.79 Å². The van der Waals surface area contributed by atoms with Gasteiger partial charge in [0.15, 0.2) is 0 Å². The minimum absolute atomic E-state index is 0.0461. The van der Waals surface area contributed by atoms with Gasteiger partial charge in [0.1, 0.15) is 5.75 Å². The van der Waals surface area contributed by atoms with Gasteiger partial charge in [0, 0.05) is 31.9 Å². The third-order valence-electron chi connectivity index (χ3n) is 5.49. The Morgan fingerprint density at radius 2 is 1.53 bits per heavy atom. The fraction of sp³-hybridized carbons (Fsp3) is 0.240. The van der Waals surface area contributed by atoms with Gasteiger partial charge in [0.05, 0.1) is 12.8 Å². The van der Waals surface area contributed by atoms with Gasteiger partial charge in [-0.05, 0) is 35.7 Å². The number of anilines is 2. The summed E-state index contributed by atoms with van der Waals surface area (Å²) in [4.78, 5) is 17.1. The second kappa shape index (κ2) is 9.35. The van der Waals surface area contributed by atoms with Crippen molar-refractivity contribution in [1.82, 2.24) is 4.90 Å². The summed E-state index contributed by atoms with van der Waals surface area (Å²) in [7, 11) is 1.69. The summed E-state index contributed by atoms with van der Waals surface area (Å²) >= 11 is 0. The van der Waals surface area contributed by atoms with E-state index >= 15 is 0 Å². The van der Waals surface area contributed by atoms with Crippen LogP contribution in [0.25, 0.3) is 0 Å². The van der Waals surface area contributed by atoms with Gasteiger partial charge in [-0.2, -0.15) is 0 Å². The van der Waals surface area contributed by atoms with Gasteiger partial charge in [-0.1, -0.05) is 60.7 Å². The molecule has 0 radical (unpaired) electrons. The van der Waals surface area contributed by atoms with Crippen molar-refractivity contribution in [3.05, 3.63) is 90.0 Å². The number of hydrogen-bond donors (Lipinski definition) is 1. The van der Waals surface area contributed by atoms with Crippen LogP contribution in [0.2, 0.25) is 0 Å². The molecule has 0 aromatic heterocycles. The van der Waals surface area contributed by atoms with E-state index in [1.807, 2.05) is 59.5 Å². The lowest BCUT2D eigenvalue weighted by Crippen LogP contribution is -2.50. The number of carbonyl (C=O) groups excluding carboxylic acids is 1. The zero-order valence-corrected chi connectivity index (χ0v) is 17.3. The molecule has 5 heteroatoms. The van der Waals surface area contributed by atoms with Crippen LogP contribution in [0, 0.1) is 0 Å². The summed E-state index contributed by atoms with van der Waals surface area (Å²) < 4.78 is 5.48. The molecule has 4 rings (SSSR count). The third kappa shape index (κ3) is 4.57. The molecule has 1 N–H and O–H groups in total. The molecule has 1 aliphatic rings. The maximum atomic E-state index is 12.9. The van der Waals surface area contributed by atoms with E-state index in [1.54, 1.807) is 7.11 Å². The SMILES string of the molecule is COc1ccccc1N1CCN(C(=O)Nc2ccccc2Cc2ccccc2)CC1. The number of nitrogens with zero attached hydrogens (tertiary/aromatic N) is 2. The zero-order valence-electron chi connectivity index (χ0n) is 17.3. The number of amides is 2. The average molecular weight is 402 g/mol. The van der Waals surface area contributed by atoms with Crippen LogP contribution < -0.4 is 15.0 Å². The molecule has 1 heterocycles. The summed E-state index contributed by atoms with van der Waals surface area (Å²) in [6, 6.07) is 26.3. The van der Waals surface area contributed by atoms with Crippen molar-refractivity contribution in [2.75, 3.05) is 43.5 Å². The highest BCUT2D eigenvalue weighted by atomic mass is 16.5. The monoisotopic (exact) mass is 401 g/mol. The van der Waals surface area contributed by atoms with Crippen LogP contribution in [-0.4, -0.2) is 44.2 Å². The molecule has 2 amide bonds. The first kappa shape index (κ1) is 19.8. The highest BCUT2D eigenvalue weighted by Crippen LogP contribution is 2.28. The number of para-hydroxylation sites is 3. The van der Waals surface area contributed by atoms with E-state index in [2.05, 4.69) is 34.5 Å². The molecule has 0 atom stereocenters. The van der Waals surface area contributed by atoms with Gasteiger partial charge >= 0.3 is 6.03 Å². The Bertz CT molecular complexity index is 982. The van der Waals surface area contributed by atoms with Crippen LogP contribution in [0.15, 0.2) is 78.9 Å². The number of methoxy groups -OCH3 is 1. The van der Waals surface area contributed by atoms with Crippen molar-refractivity contribution in [3.8, 4) is 5.75 Å². The molecule has 1 fully saturated rings. The Morgan fingerprint density at radius 1 is 0.867 bits per heavy atom. The van der Waals surface area contributed by atoms with Crippen molar-refractivity contribution in [3.63, 3.8) is 0 Å². The number of urea groups is 1. The standard InChI is InChI=1S/C25H27N3O2/c1-30-24-14-8-7-13-23(24)27-15-17-28(18-16-27)25(29)26-22-12-6-5-11-21(22)19-20-9-3-2-4-10-20/h2-14H,15-19H2,1H3,(H,26,29). The van der Waals surface area contributed by atoms with E-state index < -0.39 is 0 Å². The van der Waals surface area contributed by atoms with Crippen LogP contribution in [0.1, 0.15) is 11.1 Å². The number of carbonyl (C=O) groups is 1.